The van der Waals surface area contributed by atoms with E-state index >= 15 is 0 Å². The van der Waals surface area contributed by atoms with Crippen molar-refractivity contribution in [2.45, 2.75) is 58.5 Å². The van der Waals surface area contributed by atoms with Crippen LogP contribution in [0.2, 0.25) is 0 Å². The molecule has 1 aromatic carbocycles. The third kappa shape index (κ3) is 3.73. The molecule has 19 heavy (non-hydrogen) atoms. The van der Waals surface area contributed by atoms with E-state index in [0.717, 1.165) is 18.3 Å². The van der Waals surface area contributed by atoms with Crippen molar-refractivity contribution in [3.63, 3.8) is 0 Å². The maximum absolute atomic E-state index is 5.73. The molecule has 3 unspecified atom stereocenters. The molecule has 1 N–H and O–H groups in total. The predicted molar refractivity (Wildman–Crippen MR) is 80.6 cm³/mol. The first-order valence-electron chi connectivity index (χ1n) is 7.70. The van der Waals surface area contributed by atoms with E-state index in [-0.39, 0.29) is 0 Å². The van der Waals surface area contributed by atoms with Crippen LogP contribution in [0.1, 0.15) is 58.1 Å². The number of benzene rings is 1. The lowest BCUT2D eigenvalue weighted by molar-refractivity contribution is 0.259. The molecular weight excluding hydrogens is 234 g/mol. The number of nitrogens with one attached hydrogen (secondary N) is 1. The van der Waals surface area contributed by atoms with Gasteiger partial charge in [0.05, 0.1) is 6.61 Å². The first-order valence-corrected chi connectivity index (χ1v) is 7.70. The Morgan fingerprint density at radius 3 is 2.74 bits per heavy atom. The van der Waals surface area contributed by atoms with Crippen molar-refractivity contribution < 1.29 is 4.74 Å². The largest absolute Gasteiger partial charge is 0.494 e. The summed E-state index contributed by atoms with van der Waals surface area (Å²) in [5.74, 6) is 1.81. The van der Waals surface area contributed by atoms with Crippen molar-refractivity contribution in [3.8, 4) is 5.75 Å². The zero-order valence-electron chi connectivity index (χ0n) is 12.5. The van der Waals surface area contributed by atoms with Crippen molar-refractivity contribution in [1.29, 1.82) is 0 Å². The minimum atomic E-state index is 0.355. The molecule has 0 aliphatic heterocycles. The number of para-hydroxylation sites is 1. The normalized spacial score (nSPS) is 25.0. The standard InChI is InChI=1S/C17H27NO/c1-4-19-17-12-8-6-10-15(17)14(3)18-16-11-7-5-9-13(16)2/h6,8,10,12-14,16,18H,4-5,7,9,11H2,1-3H3. The molecule has 0 bridgehead atoms. The van der Waals surface area contributed by atoms with Crippen molar-refractivity contribution >= 4 is 0 Å². The van der Waals surface area contributed by atoms with Gasteiger partial charge in [-0.2, -0.15) is 0 Å². The summed E-state index contributed by atoms with van der Waals surface area (Å²) in [5.41, 5.74) is 1.28. The lowest BCUT2D eigenvalue weighted by Crippen LogP contribution is -2.38. The van der Waals surface area contributed by atoms with Crippen molar-refractivity contribution in [1.82, 2.24) is 5.32 Å². The second kappa shape index (κ2) is 6.95. The Morgan fingerprint density at radius 1 is 1.26 bits per heavy atom. The first kappa shape index (κ1) is 14.4. The second-order valence-electron chi connectivity index (χ2n) is 5.73. The molecule has 0 aromatic heterocycles. The summed E-state index contributed by atoms with van der Waals surface area (Å²) < 4.78 is 5.73. The summed E-state index contributed by atoms with van der Waals surface area (Å²) in [5, 5.41) is 3.80. The summed E-state index contributed by atoms with van der Waals surface area (Å²) in [6, 6.07) is 9.40. The zero-order valence-corrected chi connectivity index (χ0v) is 12.5. The van der Waals surface area contributed by atoms with Crippen molar-refractivity contribution in [2.75, 3.05) is 6.61 Å². The Hall–Kier alpha value is -1.02. The summed E-state index contributed by atoms with van der Waals surface area (Å²) in [4.78, 5) is 0. The molecule has 0 spiro atoms. The Kier molecular flexibility index (Phi) is 5.26. The molecule has 0 radical (unpaired) electrons. The fourth-order valence-corrected chi connectivity index (χ4v) is 3.10. The van der Waals surface area contributed by atoms with Crippen LogP contribution in [0.25, 0.3) is 0 Å². The molecule has 1 aliphatic rings. The smallest absolute Gasteiger partial charge is 0.124 e. The van der Waals surface area contributed by atoms with Gasteiger partial charge < -0.3 is 10.1 Å². The van der Waals surface area contributed by atoms with Gasteiger partial charge in [-0.25, -0.2) is 0 Å². The van der Waals surface area contributed by atoms with Gasteiger partial charge in [0, 0.05) is 17.6 Å². The minimum absolute atomic E-state index is 0.355. The van der Waals surface area contributed by atoms with Gasteiger partial charge in [0.25, 0.3) is 0 Å². The van der Waals surface area contributed by atoms with Crippen molar-refractivity contribution in [3.05, 3.63) is 29.8 Å². The monoisotopic (exact) mass is 261 g/mol. The topological polar surface area (TPSA) is 21.3 Å². The molecule has 3 atom stereocenters. The van der Waals surface area contributed by atoms with Crippen LogP contribution in [0.4, 0.5) is 0 Å². The average molecular weight is 261 g/mol. The molecule has 2 heteroatoms. The molecule has 1 saturated carbocycles. The number of hydrogen-bond donors (Lipinski definition) is 1. The Bertz CT molecular complexity index is 391. The minimum Gasteiger partial charge on any atom is -0.494 e. The van der Waals surface area contributed by atoms with E-state index in [0.29, 0.717) is 12.1 Å². The van der Waals surface area contributed by atoms with Crippen LogP contribution < -0.4 is 10.1 Å². The zero-order chi connectivity index (χ0) is 13.7. The van der Waals surface area contributed by atoms with Crippen LogP contribution in [-0.4, -0.2) is 12.6 Å². The maximum Gasteiger partial charge on any atom is 0.124 e. The molecule has 1 aliphatic carbocycles. The highest BCUT2D eigenvalue weighted by molar-refractivity contribution is 5.35. The highest BCUT2D eigenvalue weighted by Gasteiger charge is 2.23. The first-order chi connectivity index (χ1) is 9.22. The fraction of sp³-hybridized carbons (Fsp3) is 0.647. The Balaban J connectivity index is 2.04. The molecule has 0 saturated heterocycles. The molecule has 1 fully saturated rings. The van der Waals surface area contributed by atoms with E-state index in [1.165, 1.54) is 31.2 Å². The Morgan fingerprint density at radius 2 is 2.00 bits per heavy atom. The molecule has 0 amide bonds. The van der Waals surface area contributed by atoms with E-state index in [1.54, 1.807) is 0 Å². The van der Waals surface area contributed by atoms with Crippen LogP contribution in [0.3, 0.4) is 0 Å². The van der Waals surface area contributed by atoms with Crippen molar-refractivity contribution in [2.24, 2.45) is 5.92 Å². The maximum atomic E-state index is 5.73. The lowest BCUT2D eigenvalue weighted by Gasteiger charge is -2.32. The number of rotatable bonds is 5. The fourth-order valence-electron chi connectivity index (χ4n) is 3.10. The molecule has 2 rings (SSSR count). The van der Waals surface area contributed by atoms with E-state index in [4.69, 9.17) is 4.74 Å². The summed E-state index contributed by atoms with van der Waals surface area (Å²) in [7, 11) is 0. The highest BCUT2D eigenvalue weighted by Crippen LogP contribution is 2.29. The molecule has 1 aromatic rings. The van der Waals surface area contributed by atoms with Crippen LogP contribution in [-0.2, 0) is 0 Å². The van der Waals surface area contributed by atoms with E-state index in [1.807, 2.05) is 13.0 Å². The van der Waals surface area contributed by atoms with Gasteiger partial charge >= 0.3 is 0 Å². The van der Waals surface area contributed by atoms with Gasteiger partial charge in [-0.1, -0.05) is 38.0 Å². The SMILES string of the molecule is CCOc1ccccc1C(C)NC1CCCCC1C. The lowest BCUT2D eigenvalue weighted by atomic mass is 9.85. The van der Waals surface area contributed by atoms with Crippen LogP contribution >= 0.6 is 0 Å². The van der Waals surface area contributed by atoms with Crippen LogP contribution in [0, 0.1) is 5.92 Å². The van der Waals surface area contributed by atoms with Gasteiger partial charge in [0.15, 0.2) is 0 Å². The van der Waals surface area contributed by atoms with E-state index in [9.17, 15) is 0 Å². The summed E-state index contributed by atoms with van der Waals surface area (Å²) in [6.45, 7) is 7.39. The van der Waals surface area contributed by atoms with Gasteiger partial charge in [-0.05, 0) is 38.7 Å². The van der Waals surface area contributed by atoms with Crippen LogP contribution in [0.5, 0.6) is 5.75 Å². The number of ether oxygens (including phenoxy) is 1. The summed E-state index contributed by atoms with van der Waals surface area (Å²) >= 11 is 0. The van der Waals surface area contributed by atoms with Gasteiger partial charge in [-0.15, -0.1) is 0 Å². The second-order valence-corrected chi connectivity index (χ2v) is 5.73. The van der Waals surface area contributed by atoms with Gasteiger partial charge in [-0.3, -0.25) is 0 Å². The van der Waals surface area contributed by atoms with E-state index < -0.39 is 0 Å². The quantitative estimate of drug-likeness (QED) is 0.852. The van der Waals surface area contributed by atoms with E-state index in [2.05, 4.69) is 37.4 Å². The predicted octanol–water partition coefficient (Wildman–Crippen LogP) is 4.31. The molecule has 0 heterocycles. The van der Waals surface area contributed by atoms with Gasteiger partial charge in [0.2, 0.25) is 0 Å². The average Bonchev–Trinajstić information content (AvgIpc) is 2.42. The third-order valence-corrected chi connectivity index (χ3v) is 4.26. The third-order valence-electron chi connectivity index (χ3n) is 4.26. The molecular formula is C17H27NO. The van der Waals surface area contributed by atoms with Crippen LogP contribution in [0.15, 0.2) is 24.3 Å². The molecule has 106 valence electrons. The summed E-state index contributed by atoms with van der Waals surface area (Å²) in [6.07, 6.45) is 5.42. The number of hydrogen-bond acceptors (Lipinski definition) is 2. The highest BCUT2D eigenvalue weighted by atomic mass is 16.5. The Labute approximate surface area is 117 Å². The van der Waals surface area contributed by atoms with Gasteiger partial charge in [0.1, 0.15) is 5.75 Å². The molecule has 2 nitrogen and oxygen atoms in total.